The van der Waals surface area contributed by atoms with Crippen LogP contribution in [-0.2, 0) is 0 Å². The van der Waals surface area contributed by atoms with Crippen molar-refractivity contribution in [3.05, 3.63) is 29.8 Å². The van der Waals surface area contributed by atoms with Gasteiger partial charge in [0.15, 0.2) is 0 Å². The fourth-order valence-electron chi connectivity index (χ4n) is 3.29. The minimum absolute atomic E-state index is 0.200. The van der Waals surface area contributed by atoms with E-state index in [4.69, 9.17) is 4.74 Å². The molecule has 112 valence electrons. The molecular weight excluding hydrogens is 248 g/mol. The molecule has 0 bridgehead atoms. The van der Waals surface area contributed by atoms with Crippen LogP contribution in [-0.4, -0.2) is 17.8 Å². The van der Waals surface area contributed by atoms with Gasteiger partial charge in [-0.3, -0.25) is 0 Å². The van der Waals surface area contributed by atoms with Crippen molar-refractivity contribution in [2.45, 2.75) is 58.5 Å². The van der Waals surface area contributed by atoms with Crippen molar-refractivity contribution in [2.75, 3.05) is 6.61 Å². The molecule has 0 aromatic heterocycles. The third kappa shape index (κ3) is 4.52. The van der Waals surface area contributed by atoms with Crippen LogP contribution in [0.15, 0.2) is 24.3 Å². The van der Waals surface area contributed by atoms with Crippen molar-refractivity contribution < 1.29 is 9.84 Å². The highest BCUT2D eigenvalue weighted by Crippen LogP contribution is 2.33. The van der Waals surface area contributed by atoms with E-state index in [9.17, 15) is 5.11 Å². The van der Waals surface area contributed by atoms with E-state index in [2.05, 4.69) is 19.9 Å². The second kappa shape index (κ2) is 7.68. The van der Waals surface area contributed by atoms with Gasteiger partial charge in [0.25, 0.3) is 0 Å². The van der Waals surface area contributed by atoms with Crippen molar-refractivity contribution in [1.29, 1.82) is 0 Å². The van der Waals surface area contributed by atoms with E-state index in [0.717, 1.165) is 18.1 Å². The molecule has 3 atom stereocenters. The first-order chi connectivity index (χ1) is 9.69. The number of hydrogen-bond donors (Lipinski definition) is 1. The monoisotopic (exact) mass is 276 g/mol. The molecule has 0 aliphatic heterocycles. The van der Waals surface area contributed by atoms with E-state index in [0.29, 0.717) is 12.5 Å². The van der Waals surface area contributed by atoms with Crippen molar-refractivity contribution in [1.82, 2.24) is 0 Å². The van der Waals surface area contributed by atoms with Gasteiger partial charge in [-0.1, -0.05) is 38.3 Å². The third-order valence-corrected chi connectivity index (χ3v) is 4.62. The predicted octanol–water partition coefficient (Wildman–Crippen LogP) is 4.34. The average molecular weight is 276 g/mol. The van der Waals surface area contributed by atoms with Gasteiger partial charge in [0.1, 0.15) is 5.75 Å². The van der Waals surface area contributed by atoms with Gasteiger partial charge in [-0.2, -0.15) is 0 Å². The quantitative estimate of drug-likeness (QED) is 0.837. The molecule has 1 aromatic rings. The van der Waals surface area contributed by atoms with Crippen molar-refractivity contribution in [3.63, 3.8) is 0 Å². The maximum atomic E-state index is 10.3. The molecule has 1 aromatic carbocycles. The third-order valence-electron chi connectivity index (χ3n) is 4.62. The molecule has 2 heteroatoms. The Labute approximate surface area is 123 Å². The number of aliphatic hydroxyl groups excluding tert-OH is 1. The van der Waals surface area contributed by atoms with Crippen LogP contribution in [0, 0.1) is 18.8 Å². The number of rotatable bonds is 6. The van der Waals surface area contributed by atoms with Crippen LogP contribution in [0.1, 0.15) is 51.0 Å². The summed E-state index contributed by atoms with van der Waals surface area (Å²) in [5.41, 5.74) is 1.21. The van der Waals surface area contributed by atoms with Crippen LogP contribution >= 0.6 is 0 Å². The van der Waals surface area contributed by atoms with Crippen LogP contribution in [0.5, 0.6) is 5.75 Å². The van der Waals surface area contributed by atoms with E-state index in [1.54, 1.807) is 0 Å². The van der Waals surface area contributed by atoms with E-state index in [-0.39, 0.29) is 6.10 Å². The lowest BCUT2D eigenvalue weighted by Gasteiger charge is -2.31. The lowest BCUT2D eigenvalue weighted by molar-refractivity contribution is 0.0505. The average Bonchev–Trinajstić information content (AvgIpc) is 2.47. The zero-order valence-electron chi connectivity index (χ0n) is 12.8. The van der Waals surface area contributed by atoms with Crippen LogP contribution in [0.2, 0.25) is 0 Å². The summed E-state index contributed by atoms with van der Waals surface area (Å²) < 4.78 is 5.74. The summed E-state index contributed by atoms with van der Waals surface area (Å²) in [5.74, 6) is 2.21. The SMILES string of the molecule is CCC1CCCC(C(O)CCOc2cccc(C)c2)C1. The second-order valence-corrected chi connectivity index (χ2v) is 6.22. The maximum Gasteiger partial charge on any atom is 0.119 e. The van der Waals surface area contributed by atoms with Gasteiger partial charge in [0, 0.05) is 6.42 Å². The molecule has 1 saturated carbocycles. The lowest BCUT2D eigenvalue weighted by Crippen LogP contribution is -2.28. The fourth-order valence-corrected chi connectivity index (χ4v) is 3.29. The number of aryl methyl sites for hydroxylation is 1. The Bertz CT molecular complexity index is 402. The zero-order valence-corrected chi connectivity index (χ0v) is 12.8. The van der Waals surface area contributed by atoms with E-state index >= 15 is 0 Å². The van der Waals surface area contributed by atoms with Gasteiger partial charge >= 0.3 is 0 Å². The molecule has 1 aliphatic rings. The molecule has 1 N–H and O–H groups in total. The van der Waals surface area contributed by atoms with E-state index in [1.165, 1.54) is 37.7 Å². The van der Waals surface area contributed by atoms with Crippen LogP contribution in [0.3, 0.4) is 0 Å². The maximum absolute atomic E-state index is 10.3. The van der Waals surface area contributed by atoms with Gasteiger partial charge in [-0.05, 0) is 49.3 Å². The first kappa shape index (κ1) is 15.4. The van der Waals surface area contributed by atoms with Crippen LogP contribution in [0.4, 0.5) is 0 Å². The summed E-state index contributed by atoms with van der Waals surface area (Å²) >= 11 is 0. The van der Waals surface area contributed by atoms with Gasteiger partial charge in [0.2, 0.25) is 0 Å². The highest BCUT2D eigenvalue weighted by Gasteiger charge is 2.26. The topological polar surface area (TPSA) is 29.5 Å². The van der Waals surface area contributed by atoms with Crippen molar-refractivity contribution in [2.24, 2.45) is 11.8 Å². The van der Waals surface area contributed by atoms with Crippen molar-refractivity contribution >= 4 is 0 Å². The van der Waals surface area contributed by atoms with Crippen molar-refractivity contribution in [3.8, 4) is 5.75 Å². The molecule has 0 spiro atoms. The van der Waals surface area contributed by atoms with Crippen LogP contribution in [0.25, 0.3) is 0 Å². The molecule has 20 heavy (non-hydrogen) atoms. The second-order valence-electron chi connectivity index (χ2n) is 6.22. The summed E-state index contributed by atoms with van der Waals surface area (Å²) in [6, 6.07) is 8.09. The first-order valence-electron chi connectivity index (χ1n) is 8.06. The normalized spacial score (nSPS) is 24.4. The Morgan fingerprint density at radius 3 is 2.95 bits per heavy atom. The molecule has 3 unspecified atom stereocenters. The van der Waals surface area contributed by atoms with Gasteiger partial charge in [0.05, 0.1) is 12.7 Å². The predicted molar refractivity (Wildman–Crippen MR) is 83.0 cm³/mol. The smallest absolute Gasteiger partial charge is 0.119 e. The Morgan fingerprint density at radius 2 is 2.20 bits per heavy atom. The summed E-state index contributed by atoms with van der Waals surface area (Å²) in [5, 5.41) is 10.3. The summed E-state index contributed by atoms with van der Waals surface area (Å²) in [6.07, 6.45) is 6.80. The minimum atomic E-state index is -0.200. The van der Waals surface area contributed by atoms with Gasteiger partial charge in [-0.25, -0.2) is 0 Å². The molecular formula is C18H28O2. The molecule has 2 rings (SSSR count). The Balaban J connectivity index is 1.73. The summed E-state index contributed by atoms with van der Waals surface area (Å²) in [7, 11) is 0. The van der Waals surface area contributed by atoms with Crippen LogP contribution < -0.4 is 4.74 Å². The number of aliphatic hydroxyl groups is 1. The molecule has 2 nitrogen and oxygen atoms in total. The van der Waals surface area contributed by atoms with E-state index in [1.807, 2.05) is 18.2 Å². The molecule has 0 amide bonds. The zero-order chi connectivity index (χ0) is 14.4. The highest BCUT2D eigenvalue weighted by molar-refractivity contribution is 5.27. The van der Waals surface area contributed by atoms with Gasteiger partial charge < -0.3 is 9.84 Å². The highest BCUT2D eigenvalue weighted by atomic mass is 16.5. The molecule has 1 aliphatic carbocycles. The molecule has 0 saturated heterocycles. The number of benzene rings is 1. The standard InChI is InChI=1S/C18H28O2/c1-3-15-7-5-8-16(13-15)18(19)10-11-20-17-9-4-6-14(2)12-17/h4,6,9,12,15-16,18-19H,3,5,7-8,10-11,13H2,1-2H3. The Morgan fingerprint density at radius 1 is 1.35 bits per heavy atom. The van der Waals surface area contributed by atoms with E-state index < -0.39 is 0 Å². The molecule has 1 fully saturated rings. The Kier molecular flexibility index (Phi) is 5.90. The number of hydrogen-bond acceptors (Lipinski definition) is 2. The Hall–Kier alpha value is -1.02. The number of ether oxygens (including phenoxy) is 1. The first-order valence-corrected chi connectivity index (χ1v) is 8.06. The fraction of sp³-hybridized carbons (Fsp3) is 0.667. The largest absolute Gasteiger partial charge is 0.493 e. The van der Waals surface area contributed by atoms with Gasteiger partial charge in [-0.15, -0.1) is 0 Å². The molecule has 0 heterocycles. The minimum Gasteiger partial charge on any atom is -0.493 e. The lowest BCUT2D eigenvalue weighted by atomic mass is 9.77. The summed E-state index contributed by atoms with van der Waals surface area (Å²) in [4.78, 5) is 0. The summed E-state index contributed by atoms with van der Waals surface area (Å²) in [6.45, 7) is 4.94. The molecule has 0 radical (unpaired) electrons.